The van der Waals surface area contributed by atoms with Crippen LogP contribution in [0, 0.1) is 6.92 Å². The lowest BCUT2D eigenvalue weighted by Crippen LogP contribution is -2.25. The van der Waals surface area contributed by atoms with Gasteiger partial charge in [-0.2, -0.15) is 4.98 Å². The van der Waals surface area contributed by atoms with E-state index in [2.05, 4.69) is 20.4 Å². The molecule has 170 valence electrons. The number of para-hydroxylation sites is 1. The van der Waals surface area contributed by atoms with Crippen LogP contribution in [-0.4, -0.2) is 30.2 Å². The van der Waals surface area contributed by atoms with Gasteiger partial charge in [-0.3, -0.25) is 14.2 Å². The molecule has 9 nitrogen and oxygen atoms in total. The minimum Gasteiger partial charge on any atom is -0.337 e. The van der Waals surface area contributed by atoms with Crippen LogP contribution >= 0.6 is 0 Å². The highest BCUT2D eigenvalue weighted by atomic mass is 16.5. The van der Waals surface area contributed by atoms with Gasteiger partial charge in [-0.1, -0.05) is 35.5 Å². The monoisotopic (exact) mass is 454 g/mol. The van der Waals surface area contributed by atoms with Crippen LogP contribution in [0.15, 0.2) is 64.2 Å². The first-order valence-electron chi connectivity index (χ1n) is 11.2. The van der Waals surface area contributed by atoms with E-state index in [-0.39, 0.29) is 24.6 Å². The van der Waals surface area contributed by atoms with Crippen LogP contribution in [0.1, 0.15) is 36.0 Å². The molecule has 0 aliphatic heterocycles. The number of aromatic nitrogens is 5. The van der Waals surface area contributed by atoms with Gasteiger partial charge in [0.25, 0.3) is 5.56 Å². The summed E-state index contributed by atoms with van der Waals surface area (Å²) in [7, 11) is 0. The predicted octanol–water partition coefficient (Wildman–Crippen LogP) is 3.61. The molecule has 1 saturated carbocycles. The molecular weight excluding hydrogens is 432 g/mol. The third-order valence-electron chi connectivity index (χ3n) is 6.07. The molecule has 0 radical (unpaired) electrons. The molecule has 0 unspecified atom stereocenters. The predicted molar refractivity (Wildman–Crippen MR) is 127 cm³/mol. The molecule has 1 aliphatic carbocycles. The fourth-order valence-electron chi connectivity index (χ4n) is 4.28. The van der Waals surface area contributed by atoms with E-state index in [1.165, 1.54) is 10.9 Å². The Kier molecular flexibility index (Phi) is 4.75. The molecule has 0 spiro atoms. The third-order valence-corrected chi connectivity index (χ3v) is 6.07. The number of anilines is 1. The molecule has 2 aromatic carbocycles. The van der Waals surface area contributed by atoms with Crippen molar-refractivity contribution >= 4 is 33.5 Å². The van der Waals surface area contributed by atoms with Crippen molar-refractivity contribution < 1.29 is 9.32 Å². The van der Waals surface area contributed by atoms with E-state index >= 15 is 0 Å². The lowest BCUT2D eigenvalue weighted by molar-refractivity contribution is -0.116. The van der Waals surface area contributed by atoms with Crippen molar-refractivity contribution in [3.05, 3.63) is 82.5 Å². The van der Waals surface area contributed by atoms with Crippen molar-refractivity contribution in [2.45, 2.75) is 38.8 Å². The number of rotatable bonds is 6. The van der Waals surface area contributed by atoms with Gasteiger partial charge in [0, 0.05) is 17.0 Å². The molecule has 1 amide bonds. The van der Waals surface area contributed by atoms with Crippen LogP contribution in [0.2, 0.25) is 0 Å². The summed E-state index contributed by atoms with van der Waals surface area (Å²) in [5, 5.41) is 7.76. The number of carbonyl (C=O) groups is 1. The van der Waals surface area contributed by atoms with Gasteiger partial charge in [0.2, 0.25) is 11.8 Å². The maximum Gasteiger partial charge on any atom is 0.278 e. The van der Waals surface area contributed by atoms with Gasteiger partial charge in [0.05, 0.1) is 11.8 Å². The van der Waals surface area contributed by atoms with Crippen LogP contribution in [0.4, 0.5) is 5.69 Å². The Labute approximate surface area is 194 Å². The summed E-state index contributed by atoms with van der Waals surface area (Å²) in [4.78, 5) is 35.5. The number of benzene rings is 2. The number of amides is 1. The molecule has 1 aliphatic rings. The Hall–Kier alpha value is -4.27. The van der Waals surface area contributed by atoms with Crippen molar-refractivity contribution in [1.29, 1.82) is 0 Å². The maximum atomic E-state index is 13.5. The molecule has 3 aromatic heterocycles. The summed E-state index contributed by atoms with van der Waals surface area (Å²) in [5.74, 6) is 1.20. The van der Waals surface area contributed by atoms with Crippen molar-refractivity contribution in [3.63, 3.8) is 0 Å². The van der Waals surface area contributed by atoms with E-state index in [4.69, 9.17) is 4.52 Å². The van der Waals surface area contributed by atoms with Gasteiger partial charge < -0.3 is 14.4 Å². The van der Waals surface area contributed by atoms with E-state index in [1.807, 2.05) is 55.5 Å². The average Bonchev–Trinajstić information content (AvgIpc) is 3.49. The summed E-state index contributed by atoms with van der Waals surface area (Å²) < 4.78 is 8.52. The van der Waals surface area contributed by atoms with Crippen LogP contribution in [0.25, 0.3) is 21.9 Å². The van der Waals surface area contributed by atoms with Gasteiger partial charge in [0.1, 0.15) is 24.1 Å². The van der Waals surface area contributed by atoms with Crippen molar-refractivity contribution in [3.8, 4) is 0 Å². The molecule has 0 saturated heterocycles. The fourth-order valence-corrected chi connectivity index (χ4v) is 4.28. The van der Waals surface area contributed by atoms with Crippen molar-refractivity contribution in [1.82, 2.24) is 24.3 Å². The second kappa shape index (κ2) is 7.95. The molecule has 34 heavy (non-hydrogen) atoms. The van der Waals surface area contributed by atoms with Crippen molar-refractivity contribution in [2.75, 3.05) is 5.32 Å². The van der Waals surface area contributed by atoms with E-state index in [0.29, 0.717) is 34.4 Å². The number of hydrogen-bond acceptors (Lipinski definition) is 6. The molecular formula is C25H22N6O3. The van der Waals surface area contributed by atoms with Crippen molar-refractivity contribution in [2.24, 2.45) is 0 Å². The zero-order valence-electron chi connectivity index (χ0n) is 18.6. The molecule has 5 aromatic rings. The number of fused-ring (bicyclic) bond motifs is 3. The highest BCUT2D eigenvalue weighted by Gasteiger charge is 2.29. The van der Waals surface area contributed by atoms with E-state index in [0.717, 1.165) is 29.3 Å². The first kappa shape index (κ1) is 20.3. The van der Waals surface area contributed by atoms with Crippen LogP contribution in [-0.2, 0) is 17.9 Å². The zero-order valence-corrected chi connectivity index (χ0v) is 18.6. The molecule has 1 N–H and O–H groups in total. The standard InChI is InChI=1S/C25H22N6O3/c1-15-5-4-6-17(11-15)27-20(32)12-31-19-8-3-2-7-18(19)22-23(31)25(33)30(14-26-22)13-21-28-24(29-34-21)16-9-10-16/h2-8,11,14,16H,9-10,12-13H2,1H3,(H,27,32). The van der Waals surface area contributed by atoms with Gasteiger partial charge in [-0.05, 0) is 43.5 Å². The summed E-state index contributed by atoms with van der Waals surface area (Å²) in [6.07, 6.45) is 3.63. The highest BCUT2D eigenvalue weighted by molar-refractivity contribution is 6.06. The van der Waals surface area contributed by atoms with Crippen LogP contribution in [0.5, 0.6) is 0 Å². The van der Waals surface area contributed by atoms with Crippen LogP contribution in [0.3, 0.4) is 0 Å². The highest BCUT2D eigenvalue weighted by Crippen LogP contribution is 2.38. The first-order valence-corrected chi connectivity index (χ1v) is 11.2. The minimum atomic E-state index is -0.268. The molecule has 0 atom stereocenters. The largest absolute Gasteiger partial charge is 0.337 e. The number of carbonyl (C=O) groups excluding carboxylic acids is 1. The molecule has 3 heterocycles. The number of nitrogens with zero attached hydrogens (tertiary/aromatic N) is 5. The summed E-state index contributed by atoms with van der Waals surface area (Å²) >= 11 is 0. The topological polar surface area (TPSA) is 108 Å². The van der Waals surface area contributed by atoms with E-state index in [1.54, 1.807) is 4.57 Å². The Bertz CT molecular complexity index is 1610. The number of hydrogen-bond donors (Lipinski definition) is 1. The van der Waals surface area contributed by atoms with Gasteiger partial charge in [-0.25, -0.2) is 4.98 Å². The van der Waals surface area contributed by atoms with Gasteiger partial charge >= 0.3 is 0 Å². The quantitative estimate of drug-likeness (QED) is 0.420. The summed E-state index contributed by atoms with van der Waals surface area (Å²) in [5.41, 5.74) is 3.19. The Morgan fingerprint density at radius 3 is 2.85 bits per heavy atom. The Morgan fingerprint density at radius 1 is 1.18 bits per heavy atom. The number of aryl methyl sites for hydroxylation is 1. The third kappa shape index (κ3) is 3.64. The maximum absolute atomic E-state index is 13.5. The lowest BCUT2D eigenvalue weighted by atomic mass is 10.2. The summed E-state index contributed by atoms with van der Waals surface area (Å²) in [6, 6.07) is 15.2. The minimum absolute atomic E-state index is 0.0225. The van der Waals surface area contributed by atoms with Crippen LogP contribution < -0.4 is 10.9 Å². The molecule has 0 bridgehead atoms. The second-order valence-corrected chi connectivity index (χ2v) is 8.72. The lowest BCUT2D eigenvalue weighted by Gasteiger charge is -2.09. The SMILES string of the molecule is Cc1cccc(NC(=O)Cn2c3ccccc3c3ncn(Cc4nc(C5CC5)no4)c(=O)c32)c1. The summed E-state index contributed by atoms with van der Waals surface area (Å²) in [6.45, 7) is 2.07. The van der Waals surface area contributed by atoms with Gasteiger partial charge in [-0.15, -0.1) is 0 Å². The van der Waals surface area contributed by atoms with E-state index in [9.17, 15) is 9.59 Å². The number of nitrogens with one attached hydrogen (secondary N) is 1. The Balaban J connectivity index is 1.39. The Morgan fingerprint density at radius 2 is 2.03 bits per heavy atom. The normalized spacial score (nSPS) is 13.6. The van der Waals surface area contributed by atoms with Gasteiger partial charge in [0.15, 0.2) is 5.82 Å². The second-order valence-electron chi connectivity index (χ2n) is 8.72. The smallest absolute Gasteiger partial charge is 0.278 e. The molecule has 1 fully saturated rings. The fraction of sp³-hybridized carbons (Fsp3) is 0.240. The average molecular weight is 454 g/mol. The first-order chi connectivity index (χ1) is 16.6. The molecule has 9 heteroatoms. The van der Waals surface area contributed by atoms with E-state index < -0.39 is 0 Å². The molecule has 6 rings (SSSR count). The zero-order chi connectivity index (χ0) is 23.2.